The van der Waals surface area contributed by atoms with Gasteiger partial charge in [0.1, 0.15) is 6.61 Å². The highest BCUT2D eigenvalue weighted by molar-refractivity contribution is 7.09. The zero-order valence-electron chi connectivity index (χ0n) is 12.8. The lowest BCUT2D eigenvalue weighted by molar-refractivity contribution is 0.277. The summed E-state index contributed by atoms with van der Waals surface area (Å²) in [6, 6.07) is 6.04. The van der Waals surface area contributed by atoms with Gasteiger partial charge >= 0.3 is 0 Å². The molecule has 0 aliphatic carbocycles. The SMILES string of the molecule is CCC(N)Cc1cccc(OC)c1OCc1csc(C)n1. The standard InChI is InChI=1S/C16H22N2O2S/c1-4-13(17)8-12-6-5-7-15(19-3)16(12)20-9-14-10-21-11(2)18-14/h5-7,10,13H,4,8-9,17H2,1-3H3. The van der Waals surface area contributed by atoms with Gasteiger partial charge in [-0.2, -0.15) is 0 Å². The Hall–Kier alpha value is -1.59. The molecule has 1 atom stereocenters. The zero-order valence-corrected chi connectivity index (χ0v) is 13.6. The number of aromatic nitrogens is 1. The number of methoxy groups -OCH3 is 1. The monoisotopic (exact) mass is 306 g/mol. The molecule has 0 aliphatic rings. The average Bonchev–Trinajstić information content (AvgIpc) is 2.91. The molecule has 0 saturated heterocycles. The first-order valence-electron chi connectivity index (χ1n) is 7.09. The van der Waals surface area contributed by atoms with Crippen LogP contribution in [0.1, 0.15) is 29.6 Å². The molecule has 0 radical (unpaired) electrons. The second-order valence-corrected chi connectivity index (χ2v) is 6.03. The molecule has 1 heterocycles. The van der Waals surface area contributed by atoms with Crippen LogP contribution in [0.4, 0.5) is 0 Å². The molecule has 4 nitrogen and oxygen atoms in total. The van der Waals surface area contributed by atoms with E-state index in [0.717, 1.165) is 40.6 Å². The van der Waals surface area contributed by atoms with Crippen molar-refractivity contribution < 1.29 is 9.47 Å². The smallest absolute Gasteiger partial charge is 0.164 e. The van der Waals surface area contributed by atoms with Gasteiger partial charge < -0.3 is 15.2 Å². The Balaban J connectivity index is 2.18. The molecule has 1 unspecified atom stereocenters. The second kappa shape index (κ2) is 7.43. The van der Waals surface area contributed by atoms with Crippen LogP contribution >= 0.6 is 11.3 Å². The van der Waals surface area contributed by atoms with E-state index in [0.29, 0.717) is 6.61 Å². The van der Waals surface area contributed by atoms with Crippen molar-refractivity contribution in [1.29, 1.82) is 0 Å². The first-order valence-corrected chi connectivity index (χ1v) is 7.97. The molecule has 5 heteroatoms. The highest BCUT2D eigenvalue weighted by Gasteiger charge is 2.13. The Morgan fingerprint density at radius 3 is 2.81 bits per heavy atom. The molecule has 2 N–H and O–H groups in total. The summed E-state index contributed by atoms with van der Waals surface area (Å²) in [7, 11) is 1.65. The molecule has 0 spiro atoms. The third-order valence-corrected chi connectivity index (χ3v) is 4.14. The summed E-state index contributed by atoms with van der Waals surface area (Å²) in [5, 5.41) is 3.06. The van der Waals surface area contributed by atoms with E-state index in [1.807, 2.05) is 30.5 Å². The number of aryl methyl sites for hydroxylation is 1. The number of hydrogen-bond donors (Lipinski definition) is 1. The number of thiazole rings is 1. The minimum absolute atomic E-state index is 0.126. The van der Waals surface area contributed by atoms with Gasteiger partial charge in [0.2, 0.25) is 0 Å². The molecular formula is C16H22N2O2S. The Morgan fingerprint density at radius 1 is 1.38 bits per heavy atom. The summed E-state index contributed by atoms with van der Waals surface area (Å²) in [5.74, 6) is 1.51. The van der Waals surface area contributed by atoms with Gasteiger partial charge in [-0.3, -0.25) is 0 Å². The van der Waals surface area contributed by atoms with Crippen LogP contribution in [0.5, 0.6) is 11.5 Å². The zero-order chi connectivity index (χ0) is 15.2. The molecule has 0 aliphatic heterocycles. The lowest BCUT2D eigenvalue weighted by atomic mass is 10.0. The van der Waals surface area contributed by atoms with E-state index in [1.54, 1.807) is 18.4 Å². The molecule has 1 aromatic carbocycles. The maximum atomic E-state index is 6.07. The average molecular weight is 306 g/mol. The van der Waals surface area contributed by atoms with Crippen LogP contribution in [-0.2, 0) is 13.0 Å². The molecule has 1 aromatic heterocycles. The molecule has 0 bridgehead atoms. The van der Waals surface area contributed by atoms with Crippen molar-refractivity contribution in [3.8, 4) is 11.5 Å². The van der Waals surface area contributed by atoms with E-state index < -0.39 is 0 Å². The number of hydrogen-bond acceptors (Lipinski definition) is 5. The number of rotatable bonds is 7. The molecule has 21 heavy (non-hydrogen) atoms. The van der Waals surface area contributed by atoms with Crippen molar-refractivity contribution >= 4 is 11.3 Å². The topological polar surface area (TPSA) is 57.4 Å². The molecule has 2 rings (SSSR count). The van der Waals surface area contributed by atoms with Crippen LogP contribution in [0.15, 0.2) is 23.6 Å². The summed E-state index contributed by atoms with van der Waals surface area (Å²) in [6.45, 7) is 4.52. The second-order valence-electron chi connectivity index (χ2n) is 4.97. The fraction of sp³-hybridized carbons (Fsp3) is 0.438. The molecular weight excluding hydrogens is 284 g/mol. The van der Waals surface area contributed by atoms with E-state index in [4.69, 9.17) is 15.2 Å². The predicted molar refractivity (Wildman–Crippen MR) is 86.1 cm³/mol. The summed E-state index contributed by atoms with van der Waals surface area (Å²) >= 11 is 1.63. The van der Waals surface area contributed by atoms with Crippen LogP contribution < -0.4 is 15.2 Å². The van der Waals surface area contributed by atoms with E-state index in [-0.39, 0.29) is 6.04 Å². The maximum absolute atomic E-state index is 6.07. The van der Waals surface area contributed by atoms with Crippen molar-refractivity contribution in [3.63, 3.8) is 0 Å². The molecule has 0 amide bonds. The van der Waals surface area contributed by atoms with Crippen LogP contribution in [-0.4, -0.2) is 18.1 Å². The highest BCUT2D eigenvalue weighted by Crippen LogP contribution is 2.32. The summed E-state index contributed by atoms with van der Waals surface area (Å²) in [4.78, 5) is 4.42. The third kappa shape index (κ3) is 4.19. The Labute approximate surface area is 129 Å². The van der Waals surface area contributed by atoms with Crippen molar-refractivity contribution in [2.75, 3.05) is 7.11 Å². The van der Waals surface area contributed by atoms with Gasteiger partial charge in [0.15, 0.2) is 11.5 Å². The fourth-order valence-corrected chi connectivity index (χ4v) is 2.69. The first-order chi connectivity index (χ1) is 10.1. The quantitative estimate of drug-likeness (QED) is 0.852. The van der Waals surface area contributed by atoms with Gasteiger partial charge in [-0.05, 0) is 31.4 Å². The Morgan fingerprint density at radius 2 is 2.19 bits per heavy atom. The van der Waals surface area contributed by atoms with Crippen LogP contribution in [0.25, 0.3) is 0 Å². The minimum atomic E-state index is 0.126. The lowest BCUT2D eigenvalue weighted by Gasteiger charge is -2.16. The molecule has 0 saturated carbocycles. The predicted octanol–water partition coefficient (Wildman–Crippen LogP) is 3.32. The van der Waals surface area contributed by atoms with Gasteiger partial charge in [-0.1, -0.05) is 19.1 Å². The van der Waals surface area contributed by atoms with Crippen LogP contribution in [0, 0.1) is 6.92 Å². The van der Waals surface area contributed by atoms with E-state index in [2.05, 4.69) is 11.9 Å². The summed E-state index contributed by atoms with van der Waals surface area (Å²) < 4.78 is 11.4. The molecule has 114 valence electrons. The number of nitrogens with zero attached hydrogens (tertiary/aromatic N) is 1. The minimum Gasteiger partial charge on any atom is -0.493 e. The van der Waals surface area contributed by atoms with Crippen molar-refractivity contribution in [2.45, 2.75) is 39.3 Å². The lowest BCUT2D eigenvalue weighted by Crippen LogP contribution is -2.21. The van der Waals surface area contributed by atoms with Gasteiger partial charge in [0.25, 0.3) is 0 Å². The van der Waals surface area contributed by atoms with Crippen molar-refractivity contribution in [1.82, 2.24) is 4.98 Å². The number of benzene rings is 1. The first kappa shape index (κ1) is 15.8. The largest absolute Gasteiger partial charge is 0.493 e. The van der Waals surface area contributed by atoms with E-state index in [9.17, 15) is 0 Å². The van der Waals surface area contributed by atoms with Crippen molar-refractivity contribution in [2.24, 2.45) is 5.73 Å². The molecule has 2 aromatic rings. The fourth-order valence-electron chi connectivity index (χ4n) is 2.09. The number of nitrogens with two attached hydrogens (primary N) is 1. The van der Waals surface area contributed by atoms with Gasteiger partial charge in [0, 0.05) is 11.4 Å². The number of para-hydroxylation sites is 1. The van der Waals surface area contributed by atoms with E-state index in [1.165, 1.54) is 0 Å². The normalized spacial score (nSPS) is 12.2. The Bertz CT molecular complexity index is 583. The Kier molecular flexibility index (Phi) is 5.59. The summed E-state index contributed by atoms with van der Waals surface area (Å²) in [5.41, 5.74) is 8.09. The highest BCUT2D eigenvalue weighted by atomic mass is 32.1. The van der Waals surface area contributed by atoms with Gasteiger partial charge in [-0.25, -0.2) is 4.98 Å². The van der Waals surface area contributed by atoms with Crippen molar-refractivity contribution in [3.05, 3.63) is 39.8 Å². The number of ether oxygens (including phenoxy) is 2. The van der Waals surface area contributed by atoms with Gasteiger partial charge in [0.05, 0.1) is 17.8 Å². The maximum Gasteiger partial charge on any atom is 0.164 e. The van der Waals surface area contributed by atoms with Gasteiger partial charge in [-0.15, -0.1) is 11.3 Å². The van der Waals surface area contributed by atoms with E-state index >= 15 is 0 Å². The third-order valence-electron chi connectivity index (χ3n) is 3.32. The molecule has 0 fully saturated rings. The summed E-state index contributed by atoms with van der Waals surface area (Å²) in [6.07, 6.45) is 1.71. The van der Waals surface area contributed by atoms with Crippen LogP contribution in [0.2, 0.25) is 0 Å². The van der Waals surface area contributed by atoms with Crippen LogP contribution in [0.3, 0.4) is 0 Å².